The number of ether oxygens (including phenoxy) is 1. The molecule has 0 aliphatic heterocycles. The number of phosphoric acid groups is 2. The Balaban J connectivity index is 0.000000676. The molecule has 2 aromatic heterocycles. The Morgan fingerprint density at radius 3 is 2.11 bits per heavy atom. The highest BCUT2D eigenvalue weighted by Gasteiger charge is 2.32. The topological polar surface area (TPSA) is 209 Å². The van der Waals surface area contributed by atoms with Gasteiger partial charge in [0.05, 0.1) is 19.8 Å². The van der Waals surface area contributed by atoms with E-state index in [0.717, 1.165) is 16.7 Å². The summed E-state index contributed by atoms with van der Waals surface area (Å²) in [5, 5.41) is 12.6. The van der Waals surface area contributed by atoms with Crippen LogP contribution >= 0.6 is 15.6 Å². The second kappa shape index (κ2) is 16.2. The monoisotopic (exact) mass is 652 g/mol. The van der Waals surface area contributed by atoms with E-state index in [1.807, 2.05) is 54.6 Å². The van der Waals surface area contributed by atoms with Crippen molar-refractivity contribution in [2.24, 2.45) is 0 Å². The van der Waals surface area contributed by atoms with E-state index in [4.69, 9.17) is 20.3 Å². The second-order valence-corrected chi connectivity index (χ2v) is 12.2. The van der Waals surface area contributed by atoms with Gasteiger partial charge < -0.3 is 35.2 Å². The van der Waals surface area contributed by atoms with Crippen molar-refractivity contribution >= 4 is 32.8 Å². The summed E-state index contributed by atoms with van der Waals surface area (Å²) in [6.45, 7) is 9.55. The van der Waals surface area contributed by atoms with Gasteiger partial charge in [0, 0.05) is 5.88 Å². The van der Waals surface area contributed by atoms with Crippen LogP contribution in [0.2, 0.25) is 0 Å². The molecule has 0 saturated heterocycles. The van der Waals surface area contributed by atoms with E-state index in [2.05, 4.69) is 44.5 Å². The number of phosphoric ester groups is 1. The minimum Gasteiger partial charge on any atom is -0.856 e. The van der Waals surface area contributed by atoms with Gasteiger partial charge in [-0.15, -0.1) is 0 Å². The summed E-state index contributed by atoms with van der Waals surface area (Å²) < 4.78 is 38.9. The molecule has 17 heteroatoms. The first kappa shape index (κ1) is 35.3. The molecule has 0 fully saturated rings. The van der Waals surface area contributed by atoms with Crippen LogP contribution in [0.15, 0.2) is 60.9 Å². The third-order valence-corrected chi connectivity index (χ3v) is 8.55. The number of nitrogens with zero attached hydrogens (tertiary/aromatic N) is 5. The fourth-order valence-corrected chi connectivity index (χ4v) is 5.79. The molecule has 0 radical (unpaired) electrons. The summed E-state index contributed by atoms with van der Waals surface area (Å²) in [6, 6.07) is 17.7. The van der Waals surface area contributed by atoms with Gasteiger partial charge in [0.2, 0.25) is 0 Å². The van der Waals surface area contributed by atoms with Gasteiger partial charge in [0.15, 0.2) is 18.6 Å². The molecule has 1 unspecified atom stereocenters. The maximum Gasteiger partial charge on any atom is 0.481 e. The predicted octanol–water partition coefficient (Wildman–Crippen LogP) is 2.64. The molecule has 2 aromatic carbocycles. The smallest absolute Gasteiger partial charge is 0.481 e. The van der Waals surface area contributed by atoms with Gasteiger partial charge in [0.25, 0.3) is 5.95 Å². The third kappa shape index (κ3) is 10.7. The van der Waals surface area contributed by atoms with Crippen molar-refractivity contribution in [2.75, 3.05) is 38.6 Å². The van der Waals surface area contributed by atoms with E-state index in [1.54, 1.807) is 10.9 Å². The van der Waals surface area contributed by atoms with Gasteiger partial charge in [-0.2, -0.15) is 4.31 Å². The zero-order chi connectivity index (χ0) is 32.3. The first-order valence-corrected chi connectivity index (χ1v) is 16.8. The molecule has 5 N–H and O–H groups in total. The lowest BCUT2D eigenvalue weighted by molar-refractivity contribution is -0.711. The molecular weight excluding hydrogens is 614 g/mol. The molecule has 240 valence electrons. The number of nitrogens with two attached hydrogens (primary N) is 1. The average Bonchev–Trinajstić information content (AvgIpc) is 3.30. The van der Waals surface area contributed by atoms with Crippen LogP contribution in [0.5, 0.6) is 5.88 Å². The molecule has 0 bridgehead atoms. The number of benzene rings is 2. The molecule has 4 rings (SSSR count). The van der Waals surface area contributed by atoms with Crippen molar-refractivity contribution in [3.8, 4) is 17.0 Å². The normalized spacial score (nSPS) is 13.1. The lowest BCUT2D eigenvalue weighted by Crippen LogP contribution is -2.35. The quantitative estimate of drug-likeness (QED) is 0.0878. The Hall–Kier alpha value is -3.23. The van der Waals surface area contributed by atoms with Gasteiger partial charge in [-0.3, -0.25) is 9.09 Å². The van der Waals surface area contributed by atoms with Crippen molar-refractivity contribution < 1.29 is 47.1 Å². The van der Waals surface area contributed by atoms with Crippen molar-refractivity contribution in [3.05, 3.63) is 66.5 Å². The highest BCUT2D eigenvalue weighted by Crippen LogP contribution is 2.57. The Labute approximate surface area is 255 Å². The number of aromatic nitrogens is 4. The van der Waals surface area contributed by atoms with Gasteiger partial charge in [-0.1, -0.05) is 80.4 Å². The summed E-state index contributed by atoms with van der Waals surface area (Å²) in [7, 11) is -10.2. The van der Waals surface area contributed by atoms with Crippen molar-refractivity contribution in [2.45, 2.75) is 34.0 Å². The van der Waals surface area contributed by atoms with Crippen LogP contribution in [0.4, 0.5) is 5.95 Å². The molecular formula is C27H38N6O9P2. The van der Waals surface area contributed by atoms with Crippen LogP contribution in [-0.2, 0) is 36.0 Å². The van der Waals surface area contributed by atoms with Crippen molar-refractivity contribution in [3.63, 3.8) is 0 Å². The van der Waals surface area contributed by atoms with Crippen molar-refractivity contribution in [1.29, 1.82) is 0 Å². The van der Waals surface area contributed by atoms with Crippen LogP contribution in [0, 0.1) is 0 Å². The Morgan fingerprint density at radius 1 is 0.932 bits per heavy atom. The summed E-state index contributed by atoms with van der Waals surface area (Å²) in [4.78, 5) is 36.7. The van der Waals surface area contributed by atoms with Gasteiger partial charge in [-0.25, -0.2) is 18.7 Å². The molecule has 0 spiro atoms. The molecule has 0 saturated carbocycles. The van der Waals surface area contributed by atoms with Gasteiger partial charge in [0.1, 0.15) is 0 Å². The molecule has 2 heterocycles. The highest BCUT2D eigenvalue weighted by molar-refractivity contribution is 7.60. The van der Waals surface area contributed by atoms with E-state index in [1.165, 1.54) is 24.2 Å². The predicted molar refractivity (Wildman–Crippen MR) is 161 cm³/mol. The van der Waals surface area contributed by atoms with Crippen LogP contribution in [0.1, 0.15) is 26.3 Å². The van der Waals surface area contributed by atoms with Gasteiger partial charge >= 0.3 is 21.3 Å². The summed E-state index contributed by atoms with van der Waals surface area (Å²) in [5.41, 5.74) is 9.13. The second-order valence-electron chi connectivity index (χ2n) is 9.37. The fourth-order valence-electron chi connectivity index (χ4n) is 4.22. The number of hydrogen-bond acceptors (Lipinski definition) is 10. The van der Waals surface area contributed by atoms with Crippen LogP contribution < -0.4 is 15.4 Å². The number of hydrogen-bond donors (Lipinski definition) is 4. The van der Waals surface area contributed by atoms with E-state index in [0.29, 0.717) is 6.54 Å². The average molecular weight is 653 g/mol. The van der Waals surface area contributed by atoms with Gasteiger partial charge in [-0.05, 0) is 36.3 Å². The van der Waals surface area contributed by atoms with E-state index >= 15 is 0 Å². The minimum absolute atomic E-state index is 0.148. The fraction of sp³-hybridized carbons (Fsp3) is 0.370. The highest BCUT2D eigenvalue weighted by atomic mass is 31.3. The molecule has 0 amide bonds. The molecule has 0 aliphatic rings. The van der Waals surface area contributed by atoms with Crippen LogP contribution in [0.3, 0.4) is 0 Å². The maximum absolute atomic E-state index is 12.6. The Kier molecular flexibility index (Phi) is 13.0. The first-order valence-electron chi connectivity index (χ1n) is 13.8. The molecule has 4 aromatic rings. The zero-order valence-electron chi connectivity index (χ0n) is 24.7. The van der Waals surface area contributed by atoms with Crippen molar-refractivity contribution in [1.82, 2.24) is 19.4 Å². The number of fused-ring (bicyclic) bond motifs is 1. The SMILES string of the molecule is CCN(CC)CC.Nc1nc([O-])c2c(n1)[n+](COCCOP(=O)(O)OP(=O)(O)O)cn2Cc1ccc(-c2ccccc2)cc1. The standard InChI is InChI=1S/C21H23N5O9P2.C6H15N/c22-21-23-19-18(20(27)24-21)25(12-15-6-8-17(9-7-15)16-4-2-1-3-5-16)13-26(19)14-33-10-11-34-37(31,32)35-36(28,29)30;1-4-7(5-2)6-3/h1-9,13H,10-12,14H2,(H5-,22,23,24,27,28,29,30,31,32);4-6H2,1-3H3. The lowest BCUT2D eigenvalue weighted by atomic mass is 10.0. The zero-order valence-corrected chi connectivity index (χ0v) is 26.5. The Morgan fingerprint density at radius 2 is 1.55 bits per heavy atom. The molecule has 1 atom stereocenters. The van der Waals surface area contributed by atoms with Crippen LogP contribution in [0.25, 0.3) is 22.3 Å². The minimum atomic E-state index is -5.21. The number of nitrogen functional groups attached to an aromatic ring is 1. The molecule has 15 nitrogen and oxygen atoms in total. The van der Waals surface area contributed by atoms with E-state index in [-0.39, 0.29) is 30.4 Å². The Bertz CT molecular complexity index is 1570. The van der Waals surface area contributed by atoms with E-state index in [9.17, 15) is 19.1 Å². The van der Waals surface area contributed by atoms with E-state index < -0.39 is 28.1 Å². The largest absolute Gasteiger partial charge is 0.856 e. The molecule has 0 aliphatic carbocycles. The summed E-state index contributed by atoms with van der Waals surface area (Å²) >= 11 is 0. The summed E-state index contributed by atoms with van der Waals surface area (Å²) in [5.74, 6) is -0.781. The number of rotatable bonds is 14. The third-order valence-electron chi connectivity index (χ3n) is 6.37. The molecule has 44 heavy (non-hydrogen) atoms. The summed E-state index contributed by atoms with van der Waals surface area (Å²) in [6.07, 6.45) is 1.60. The number of anilines is 1. The lowest BCUT2D eigenvalue weighted by Gasteiger charge is -2.13. The van der Waals surface area contributed by atoms with Crippen LogP contribution in [-0.4, -0.2) is 67.0 Å². The first-order chi connectivity index (χ1) is 20.9. The number of imidazole rings is 1. The maximum atomic E-state index is 12.6.